The molecule has 0 unspecified atom stereocenters. The number of aliphatic hydroxyl groups excluding tert-OH is 1. The van der Waals surface area contributed by atoms with E-state index >= 15 is 0 Å². The highest BCUT2D eigenvalue weighted by atomic mass is 19.1. The Bertz CT molecular complexity index is 749. The highest BCUT2D eigenvalue weighted by Gasteiger charge is 2.28. The molecule has 1 saturated heterocycles. The zero-order chi connectivity index (χ0) is 18.4. The van der Waals surface area contributed by atoms with Gasteiger partial charge in [-0.3, -0.25) is 14.7 Å². The van der Waals surface area contributed by atoms with Crippen molar-refractivity contribution in [3.05, 3.63) is 71.8 Å². The quantitative estimate of drug-likeness (QED) is 0.862. The Kier molecular flexibility index (Phi) is 6.09. The zero-order valence-corrected chi connectivity index (χ0v) is 14.4. The van der Waals surface area contributed by atoms with Crippen molar-refractivity contribution in [1.29, 1.82) is 0 Å². The van der Waals surface area contributed by atoms with Gasteiger partial charge in [0.2, 0.25) is 0 Å². The third-order valence-electron chi connectivity index (χ3n) is 4.47. The monoisotopic (exact) mass is 355 g/mol. The first-order valence-electron chi connectivity index (χ1n) is 8.65. The first-order valence-corrected chi connectivity index (χ1v) is 8.65. The van der Waals surface area contributed by atoms with Crippen LogP contribution in [0.4, 0.5) is 4.39 Å². The summed E-state index contributed by atoms with van der Waals surface area (Å²) in [5, 5.41) is 13.2. The van der Waals surface area contributed by atoms with Crippen molar-refractivity contribution in [2.45, 2.75) is 18.6 Å². The van der Waals surface area contributed by atoms with Gasteiger partial charge < -0.3 is 10.4 Å². The van der Waals surface area contributed by atoms with E-state index in [1.165, 1.54) is 12.1 Å². The number of carbonyl (C=O) groups excluding carboxylic acids is 1. The smallest absolute Gasteiger partial charge is 0.251 e. The van der Waals surface area contributed by atoms with E-state index in [9.17, 15) is 14.3 Å². The van der Waals surface area contributed by atoms with Crippen molar-refractivity contribution in [2.75, 3.05) is 19.6 Å². The molecule has 2 atom stereocenters. The van der Waals surface area contributed by atoms with Gasteiger partial charge in [0.05, 0.1) is 12.1 Å². The number of hydrogen-bond donors (Lipinski definition) is 2. The van der Waals surface area contributed by atoms with Gasteiger partial charge in [-0.25, -0.2) is 4.39 Å². The maximum absolute atomic E-state index is 12.9. The van der Waals surface area contributed by atoms with Gasteiger partial charge in [-0.1, -0.05) is 24.3 Å². The van der Waals surface area contributed by atoms with E-state index in [4.69, 9.17) is 0 Å². The Morgan fingerprint density at radius 1 is 1.27 bits per heavy atom. The topological polar surface area (TPSA) is 65.5 Å². The maximum Gasteiger partial charge on any atom is 0.251 e. The van der Waals surface area contributed by atoms with Crippen LogP contribution in [0, 0.1) is 5.82 Å². The third-order valence-corrected chi connectivity index (χ3v) is 4.47. The Hall–Kier alpha value is -2.57. The van der Waals surface area contributed by atoms with Gasteiger partial charge in [-0.15, -0.1) is 0 Å². The van der Waals surface area contributed by atoms with Gasteiger partial charge in [0.25, 0.3) is 5.91 Å². The molecule has 1 amide bonds. The average molecular weight is 355 g/mol. The third kappa shape index (κ3) is 4.97. The number of amides is 1. The van der Waals surface area contributed by atoms with Crippen LogP contribution in [0.3, 0.4) is 0 Å². The minimum atomic E-state index is -0.617. The number of halogens is 1. The maximum atomic E-state index is 12.9. The number of aromatic nitrogens is 1. The van der Waals surface area contributed by atoms with E-state index in [1.807, 2.05) is 12.2 Å². The summed E-state index contributed by atoms with van der Waals surface area (Å²) >= 11 is 0. The molecule has 2 heterocycles. The molecule has 0 saturated carbocycles. The van der Waals surface area contributed by atoms with Crippen molar-refractivity contribution in [3.63, 3.8) is 0 Å². The molecule has 5 nitrogen and oxygen atoms in total. The van der Waals surface area contributed by atoms with Crippen molar-refractivity contribution in [3.8, 4) is 0 Å². The number of pyridine rings is 1. The molecule has 0 spiro atoms. The Balaban J connectivity index is 1.47. The lowest BCUT2D eigenvalue weighted by Gasteiger charge is -2.35. The molecule has 3 rings (SSSR count). The largest absolute Gasteiger partial charge is 0.390 e. The summed E-state index contributed by atoms with van der Waals surface area (Å²) < 4.78 is 12.9. The number of carbonyl (C=O) groups is 1. The second kappa shape index (κ2) is 8.69. The van der Waals surface area contributed by atoms with Gasteiger partial charge in [0.15, 0.2) is 0 Å². The fourth-order valence-electron chi connectivity index (χ4n) is 3.00. The number of aliphatic hydroxyl groups is 1. The van der Waals surface area contributed by atoms with Crippen LogP contribution in [0.5, 0.6) is 0 Å². The van der Waals surface area contributed by atoms with Crippen molar-refractivity contribution < 1.29 is 14.3 Å². The number of benzene rings is 1. The van der Waals surface area contributed by atoms with Crippen LogP contribution < -0.4 is 5.32 Å². The molecule has 26 heavy (non-hydrogen) atoms. The molecule has 1 aliphatic heterocycles. The predicted molar refractivity (Wildman–Crippen MR) is 98.0 cm³/mol. The standard InChI is InChI=1S/C20H22FN3O2/c21-17-5-3-15(4-6-17)2-1-12-24-13-9-18(19(25)14-24)23-20(26)16-7-10-22-11-8-16/h1-8,10-11,18-19,25H,9,12-14H2,(H,23,26)/b2-1+/t18-,19-/m1/s1. The molecule has 1 aliphatic rings. The number of likely N-dealkylation sites (tertiary alicyclic amines) is 1. The molecule has 1 fully saturated rings. The van der Waals surface area contributed by atoms with Crippen molar-refractivity contribution in [1.82, 2.24) is 15.2 Å². The lowest BCUT2D eigenvalue weighted by Crippen LogP contribution is -2.54. The molecule has 0 bridgehead atoms. The molecule has 2 N–H and O–H groups in total. The van der Waals surface area contributed by atoms with E-state index in [0.29, 0.717) is 25.1 Å². The zero-order valence-electron chi connectivity index (χ0n) is 14.4. The van der Waals surface area contributed by atoms with Crippen LogP contribution in [-0.4, -0.2) is 52.7 Å². The summed E-state index contributed by atoms with van der Waals surface area (Å²) in [6.45, 7) is 1.97. The normalized spacial score (nSPS) is 21.0. The number of hydrogen-bond acceptors (Lipinski definition) is 4. The fraction of sp³-hybridized carbons (Fsp3) is 0.300. The Labute approximate surface area is 152 Å². The highest BCUT2D eigenvalue weighted by molar-refractivity contribution is 5.94. The first kappa shape index (κ1) is 18.2. The van der Waals surface area contributed by atoms with Crippen LogP contribution in [-0.2, 0) is 0 Å². The average Bonchev–Trinajstić information content (AvgIpc) is 2.66. The van der Waals surface area contributed by atoms with Gasteiger partial charge in [-0.05, 0) is 36.2 Å². The van der Waals surface area contributed by atoms with E-state index < -0.39 is 6.10 Å². The van der Waals surface area contributed by atoms with E-state index in [0.717, 1.165) is 12.1 Å². The molecule has 2 aromatic rings. The second-order valence-corrected chi connectivity index (χ2v) is 6.39. The fourth-order valence-corrected chi connectivity index (χ4v) is 3.00. The molecule has 0 radical (unpaired) electrons. The summed E-state index contributed by atoms with van der Waals surface area (Å²) in [6.07, 6.45) is 7.14. The first-order chi connectivity index (χ1) is 12.6. The van der Waals surface area contributed by atoms with Crippen LogP contribution in [0.15, 0.2) is 54.9 Å². The molecular formula is C20H22FN3O2. The van der Waals surface area contributed by atoms with E-state index in [-0.39, 0.29) is 17.8 Å². The van der Waals surface area contributed by atoms with Crippen LogP contribution >= 0.6 is 0 Å². The number of rotatable bonds is 5. The lowest BCUT2D eigenvalue weighted by atomic mass is 10.0. The molecule has 6 heteroatoms. The Morgan fingerprint density at radius 2 is 2.00 bits per heavy atom. The van der Waals surface area contributed by atoms with Crippen LogP contribution in [0.2, 0.25) is 0 Å². The van der Waals surface area contributed by atoms with Crippen molar-refractivity contribution >= 4 is 12.0 Å². The van der Waals surface area contributed by atoms with Gasteiger partial charge in [0, 0.05) is 37.6 Å². The summed E-state index contributed by atoms with van der Waals surface area (Å²) in [7, 11) is 0. The lowest BCUT2D eigenvalue weighted by molar-refractivity contribution is 0.0423. The van der Waals surface area contributed by atoms with Crippen LogP contribution in [0.1, 0.15) is 22.3 Å². The number of piperidine rings is 1. The summed E-state index contributed by atoms with van der Waals surface area (Å²) in [6, 6.07) is 9.35. The number of β-amino-alcohol motifs (C(OH)–C–C–N with tert-alkyl or cyclic N) is 1. The van der Waals surface area contributed by atoms with Gasteiger partial charge in [0.1, 0.15) is 5.82 Å². The second-order valence-electron chi connectivity index (χ2n) is 6.39. The summed E-state index contributed by atoms with van der Waals surface area (Å²) in [5.74, 6) is -0.442. The van der Waals surface area contributed by atoms with E-state index in [2.05, 4.69) is 15.2 Å². The van der Waals surface area contributed by atoms with Crippen LogP contribution in [0.25, 0.3) is 6.08 Å². The summed E-state index contributed by atoms with van der Waals surface area (Å²) in [4.78, 5) is 18.2. The number of nitrogens with zero attached hydrogens (tertiary/aromatic N) is 2. The molecule has 136 valence electrons. The Morgan fingerprint density at radius 3 is 2.69 bits per heavy atom. The molecule has 1 aromatic carbocycles. The molecular weight excluding hydrogens is 333 g/mol. The minimum absolute atomic E-state index is 0.193. The summed E-state index contributed by atoms with van der Waals surface area (Å²) in [5.41, 5.74) is 1.48. The number of nitrogens with one attached hydrogen (secondary N) is 1. The van der Waals surface area contributed by atoms with Gasteiger partial charge in [-0.2, -0.15) is 0 Å². The van der Waals surface area contributed by atoms with E-state index in [1.54, 1.807) is 36.7 Å². The van der Waals surface area contributed by atoms with Crippen molar-refractivity contribution in [2.24, 2.45) is 0 Å². The van der Waals surface area contributed by atoms with Gasteiger partial charge >= 0.3 is 0 Å². The minimum Gasteiger partial charge on any atom is -0.390 e. The highest BCUT2D eigenvalue weighted by Crippen LogP contribution is 2.13. The molecule has 1 aromatic heterocycles. The predicted octanol–water partition coefficient (Wildman–Crippen LogP) is 2.10. The molecule has 0 aliphatic carbocycles. The SMILES string of the molecule is O=C(N[C@@H]1CCN(C/C=C/c2ccc(F)cc2)C[C@H]1O)c1ccncc1.